The van der Waals surface area contributed by atoms with Gasteiger partial charge in [-0.1, -0.05) is 47.1 Å². The van der Waals surface area contributed by atoms with Crippen LogP contribution in [0.25, 0.3) is 0 Å². The molecule has 5 nitrogen and oxygen atoms in total. The van der Waals surface area contributed by atoms with E-state index in [1.165, 1.54) is 16.4 Å². The zero-order valence-corrected chi connectivity index (χ0v) is 16.1. The fraction of sp³-hybridized carbons (Fsp3) is 0.0526. The Morgan fingerprint density at radius 1 is 1.00 bits per heavy atom. The minimum absolute atomic E-state index is 0.0139. The first-order valence-electron chi connectivity index (χ1n) is 7.94. The molecule has 1 atom stereocenters. The van der Waals surface area contributed by atoms with Crippen LogP contribution in [-0.4, -0.2) is 26.4 Å². The Kier molecular flexibility index (Phi) is 4.63. The van der Waals surface area contributed by atoms with Crippen molar-refractivity contribution in [2.24, 2.45) is 0 Å². The summed E-state index contributed by atoms with van der Waals surface area (Å²) in [5.41, 5.74) is 2.40. The highest BCUT2D eigenvalue weighted by atomic mass is 35.5. The Labute approximate surface area is 169 Å². The number of carbonyl (C=O) groups excluding carboxylic acids is 1. The van der Waals surface area contributed by atoms with Gasteiger partial charge in [-0.05, 0) is 42.0 Å². The second-order valence-corrected chi connectivity index (χ2v) is 7.91. The molecular formula is C19H12Cl2N4OS. The van der Waals surface area contributed by atoms with Gasteiger partial charge in [0.2, 0.25) is 0 Å². The SMILES string of the molecule is N=C1SC(c2ccc(Cl)cc2)c2cnn(C(=O)c3ccc(Cl)cc3)c2C1=N. The lowest BCUT2D eigenvalue weighted by Gasteiger charge is -2.24. The molecule has 27 heavy (non-hydrogen) atoms. The molecule has 1 unspecified atom stereocenters. The largest absolute Gasteiger partial charge is 0.296 e. The van der Waals surface area contributed by atoms with Crippen molar-refractivity contribution in [3.05, 3.63) is 87.2 Å². The standard InChI is InChI=1S/C19H12Cl2N4OS/c20-12-5-1-10(2-6-12)17-14-9-24-25(16(14)15(22)18(23)27-17)19(26)11-3-7-13(21)8-4-11/h1-9,17,22-23H. The normalized spacial score (nSPS) is 16.3. The lowest BCUT2D eigenvalue weighted by molar-refractivity contribution is 0.0944. The summed E-state index contributed by atoms with van der Waals surface area (Å²) in [7, 11) is 0. The van der Waals surface area contributed by atoms with Gasteiger partial charge in [0.15, 0.2) is 0 Å². The number of hydrogen-bond donors (Lipinski definition) is 2. The molecule has 0 fully saturated rings. The number of hydrogen-bond acceptors (Lipinski definition) is 5. The Morgan fingerprint density at radius 2 is 1.59 bits per heavy atom. The molecule has 0 spiro atoms. The van der Waals surface area contributed by atoms with Crippen molar-refractivity contribution in [2.75, 3.05) is 0 Å². The number of halogens is 2. The average molecular weight is 415 g/mol. The first-order chi connectivity index (χ1) is 13.0. The van der Waals surface area contributed by atoms with Crippen molar-refractivity contribution >= 4 is 51.6 Å². The first-order valence-corrected chi connectivity index (χ1v) is 9.57. The van der Waals surface area contributed by atoms with Crippen molar-refractivity contribution in [3.8, 4) is 0 Å². The van der Waals surface area contributed by atoms with E-state index in [-0.39, 0.29) is 21.9 Å². The van der Waals surface area contributed by atoms with E-state index >= 15 is 0 Å². The van der Waals surface area contributed by atoms with Crippen LogP contribution in [0.1, 0.15) is 32.4 Å². The summed E-state index contributed by atoms with van der Waals surface area (Å²) in [5, 5.41) is 21.8. The van der Waals surface area contributed by atoms with Gasteiger partial charge < -0.3 is 0 Å². The van der Waals surface area contributed by atoms with Crippen LogP contribution >= 0.6 is 35.0 Å². The molecule has 2 N–H and O–H groups in total. The van der Waals surface area contributed by atoms with E-state index in [1.54, 1.807) is 42.6 Å². The van der Waals surface area contributed by atoms with Crippen molar-refractivity contribution in [1.29, 1.82) is 10.8 Å². The minimum Gasteiger partial charge on any atom is -0.296 e. The number of nitrogens with zero attached hydrogens (tertiary/aromatic N) is 2. The summed E-state index contributed by atoms with van der Waals surface area (Å²) in [5.74, 6) is -0.368. The molecule has 0 amide bonds. The van der Waals surface area contributed by atoms with E-state index < -0.39 is 0 Å². The number of fused-ring (bicyclic) bond motifs is 1. The van der Waals surface area contributed by atoms with Crippen LogP contribution in [0, 0.1) is 10.8 Å². The maximum Gasteiger partial charge on any atom is 0.278 e. The van der Waals surface area contributed by atoms with Gasteiger partial charge in [0.1, 0.15) is 16.4 Å². The fourth-order valence-corrected chi connectivity index (χ4v) is 4.20. The van der Waals surface area contributed by atoms with Crippen LogP contribution in [0.2, 0.25) is 10.0 Å². The third-order valence-electron chi connectivity index (χ3n) is 4.24. The fourth-order valence-electron chi connectivity index (χ4n) is 2.90. The predicted octanol–water partition coefficient (Wildman–Crippen LogP) is 5.06. The van der Waals surface area contributed by atoms with Gasteiger partial charge in [0.05, 0.1) is 11.4 Å². The molecular weight excluding hydrogens is 403 g/mol. The molecule has 0 saturated carbocycles. The minimum atomic E-state index is -0.368. The predicted molar refractivity (Wildman–Crippen MR) is 109 cm³/mol. The maximum absolute atomic E-state index is 12.9. The summed E-state index contributed by atoms with van der Waals surface area (Å²) >= 11 is 13.1. The second kappa shape index (κ2) is 6.96. The Bertz CT molecular complexity index is 1070. The zero-order chi connectivity index (χ0) is 19.1. The smallest absolute Gasteiger partial charge is 0.278 e. The number of thioether (sulfide) groups is 1. The molecule has 134 valence electrons. The number of aromatic nitrogens is 2. The van der Waals surface area contributed by atoms with Gasteiger partial charge >= 0.3 is 0 Å². The molecule has 2 aromatic carbocycles. The Hall–Kier alpha value is -2.41. The quantitative estimate of drug-likeness (QED) is 0.614. The Morgan fingerprint density at radius 3 is 2.22 bits per heavy atom. The van der Waals surface area contributed by atoms with Gasteiger partial charge in [0, 0.05) is 21.2 Å². The average Bonchev–Trinajstić information content (AvgIpc) is 3.11. The van der Waals surface area contributed by atoms with Crippen LogP contribution < -0.4 is 0 Å². The van der Waals surface area contributed by atoms with E-state index in [1.807, 2.05) is 12.1 Å². The summed E-state index contributed by atoms with van der Waals surface area (Å²) in [6.45, 7) is 0. The van der Waals surface area contributed by atoms with Crippen molar-refractivity contribution in [1.82, 2.24) is 9.78 Å². The molecule has 1 aromatic heterocycles. The van der Waals surface area contributed by atoms with Gasteiger partial charge in [-0.15, -0.1) is 0 Å². The van der Waals surface area contributed by atoms with Crippen LogP contribution in [0.5, 0.6) is 0 Å². The maximum atomic E-state index is 12.9. The molecule has 2 heterocycles. The molecule has 4 rings (SSSR count). The summed E-state index contributed by atoms with van der Waals surface area (Å²) < 4.78 is 1.19. The highest BCUT2D eigenvalue weighted by Gasteiger charge is 2.34. The number of nitrogens with one attached hydrogen (secondary N) is 2. The second-order valence-electron chi connectivity index (χ2n) is 5.93. The Balaban J connectivity index is 1.81. The highest BCUT2D eigenvalue weighted by molar-refractivity contribution is 8.16. The molecule has 0 bridgehead atoms. The monoisotopic (exact) mass is 414 g/mol. The molecule has 1 aliphatic rings. The number of benzene rings is 2. The molecule has 0 radical (unpaired) electrons. The van der Waals surface area contributed by atoms with Gasteiger partial charge in [0.25, 0.3) is 5.91 Å². The lowest BCUT2D eigenvalue weighted by Crippen LogP contribution is -2.27. The molecule has 8 heteroatoms. The van der Waals surface area contributed by atoms with E-state index in [2.05, 4.69) is 5.10 Å². The summed E-state index contributed by atoms with van der Waals surface area (Å²) in [6.07, 6.45) is 1.59. The third-order valence-corrected chi connectivity index (χ3v) is 5.94. The van der Waals surface area contributed by atoms with Crippen LogP contribution in [0.3, 0.4) is 0 Å². The summed E-state index contributed by atoms with van der Waals surface area (Å²) in [6, 6.07) is 13.8. The summed E-state index contributed by atoms with van der Waals surface area (Å²) in [4.78, 5) is 12.9. The third kappa shape index (κ3) is 3.20. The zero-order valence-electron chi connectivity index (χ0n) is 13.7. The van der Waals surface area contributed by atoms with Crippen LogP contribution in [0.4, 0.5) is 0 Å². The lowest BCUT2D eigenvalue weighted by atomic mass is 10.0. The topological polar surface area (TPSA) is 82.6 Å². The molecule has 0 saturated heterocycles. The molecule has 3 aromatic rings. The van der Waals surface area contributed by atoms with Crippen molar-refractivity contribution < 1.29 is 4.79 Å². The van der Waals surface area contributed by atoms with Crippen LogP contribution in [0.15, 0.2) is 54.7 Å². The molecule has 0 aliphatic carbocycles. The van der Waals surface area contributed by atoms with E-state index in [4.69, 9.17) is 34.0 Å². The number of rotatable bonds is 2. The van der Waals surface area contributed by atoms with E-state index in [0.29, 0.717) is 21.3 Å². The molecule has 1 aliphatic heterocycles. The van der Waals surface area contributed by atoms with Crippen LogP contribution in [-0.2, 0) is 0 Å². The highest BCUT2D eigenvalue weighted by Crippen LogP contribution is 2.42. The van der Waals surface area contributed by atoms with E-state index in [0.717, 1.165) is 11.1 Å². The van der Waals surface area contributed by atoms with Gasteiger partial charge in [-0.25, -0.2) is 0 Å². The number of carbonyl (C=O) groups is 1. The van der Waals surface area contributed by atoms with Gasteiger partial charge in [-0.3, -0.25) is 15.6 Å². The first kappa shape index (κ1) is 18.0. The van der Waals surface area contributed by atoms with Gasteiger partial charge in [-0.2, -0.15) is 9.78 Å². The van der Waals surface area contributed by atoms with Crippen molar-refractivity contribution in [3.63, 3.8) is 0 Å². The van der Waals surface area contributed by atoms with E-state index in [9.17, 15) is 4.79 Å². The van der Waals surface area contributed by atoms with Crippen molar-refractivity contribution in [2.45, 2.75) is 5.25 Å².